The van der Waals surface area contributed by atoms with E-state index in [4.69, 9.17) is 4.74 Å². The van der Waals surface area contributed by atoms with Gasteiger partial charge in [0, 0.05) is 6.54 Å². The highest BCUT2D eigenvalue weighted by Gasteiger charge is 2.42. The van der Waals surface area contributed by atoms with Crippen molar-refractivity contribution in [1.29, 1.82) is 0 Å². The predicted molar refractivity (Wildman–Crippen MR) is 84.6 cm³/mol. The van der Waals surface area contributed by atoms with Gasteiger partial charge >= 0.3 is 0 Å². The van der Waals surface area contributed by atoms with Crippen LogP contribution in [0.2, 0.25) is 0 Å². The smallest absolute Gasteiger partial charge is 0.214 e. The van der Waals surface area contributed by atoms with Crippen LogP contribution in [0.15, 0.2) is 30.3 Å². The van der Waals surface area contributed by atoms with Gasteiger partial charge in [-0.05, 0) is 25.8 Å². The summed E-state index contributed by atoms with van der Waals surface area (Å²) in [5, 5.41) is 0. The van der Waals surface area contributed by atoms with E-state index in [0.29, 0.717) is 19.6 Å². The third kappa shape index (κ3) is 3.84. The maximum atomic E-state index is 12.6. The molecule has 0 radical (unpaired) electrons. The molecule has 1 heterocycles. The zero-order valence-electron chi connectivity index (χ0n) is 13.1. The lowest BCUT2D eigenvalue weighted by molar-refractivity contribution is -0.0655. The van der Waals surface area contributed by atoms with Crippen molar-refractivity contribution in [2.24, 2.45) is 0 Å². The average molecular weight is 311 g/mol. The average Bonchev–Trinajstić information content (AvgIpc) is 2.45. The minimum atomic E-state index is -3.24. The van der Waals surface area contributed by atoms with Crippen LogP contribution in [0.3, 0.4) is 0 Å². The number of unbranched alkanes of at least 4 members (excludes halogenated alkanes) is 1. The molecule has 0 amide bonds. The molecule has 0 bridgehead atoms. The number of hydrogen-bond donors (Lipinski definition) is 0. The topological polar surface area (TPSA) is 46.6 Å². The first-order valence-electron chi connectivity index (χ1n) is 7.54. The van der Waals surface area contributed by atoms with Crippen LogP contribution in [-0.4, -0.2) is 37.2 Å². The number of morpholine rings is 1. The highest BCUT2D eigenvalue weighted by molar-refractivity contribution is 7.89. The van der Waals surface area contributed by atoms with E-state index < -0.39 is 15.6 Å². The molecule has 1 aromatic carbocycles. The van der Waals surface area contributed by atoms with Crippen molar-refractivity contribution < 1.29 is 13.2 Å². The summed E-state index contributed by atoms with van der Waals surface area (Å²) >= 11 is 0. The fourth-order valence-electron chi connectivity index (χ4n) is 2.62. The van der Waals surface area contributed by atoms with Crippen molar-refractivity contribution >= 4 is 10.0 Å². The van der Waals surface area contributed by atoms with Crippen LogP contribution in [-0.2, 0) is 14.8 Å². The lowest BCUT2D eigenvalue weighted by atomic mass is 10.0. The maximum Gasteiger partial charge on any atom is 0.214 e. The Morgan fingerprint density at radius 2 is 1.95 bits per heavy atom. The summed E-state index contributed by atoms with van der Waals surface area (Å²) in [5.41, 5.74) is 0.543. The molecule has 1 aliphatic rings. The van der Waals surface area contributed by atoms with Crippen LogP contribution in [0.25, 0.3) is 0 Å². The molecule has 0 N–H and O–H groups in total. The molecule has 1 unspecified atom stereocenters. The normalized spacial score (nSPS) is 23.1. The van der Waals surface area contributed by atoms with Gasteiger partial charge in [-0.1, -0.05) is 43.7 Å². The third-order valence-electron chi connectivity index (χ3n) is 3.91. The molecular formula is C16H25NO3S. The molecule has 21 heavy (non-hydrogen) atoms. The van der Waals surface area contributed by atoms with Crippen LogP contribution < -0.4 is 0 Å². The van der Waals surface area contributed by atoms with E-state index in [1.807, 2.05) is 51.1 Å². The molecule has 1 fully saturated rings. The molecule has 0 aromatic heterocycles. The lowest BCUT2D eigenvalue weighted by Crippen LogP contribution is -2.56. The SMILES string of the molecule is CCCCS(=O)(=O)N1CC(c2ccccc2)OCC1(C)C. The number of sulfonamides is 1. The van der Waals surface area contributed by atoms with E-state index in [9.17, 15) is 8.42 Å². The van der Waals surface area contributed by atoms with Gasteiger partial charge in [-0.15, -0.1) is 0 Å². The minimum Gasteiger partial charge on any atom is -0.370 e. The molecule has 0 saturated carbocycles. The van der Waals surface area contributed by atoms with E-state index in [1.54, 1.807) is 4.31 Å². The first-order valence-corrected chi connectivity index (χ1v) is 9.15. The highest BCUT2D eigenvalue weighted by Crippen LogP contribution is 2.32. The van der Waals surface area contributed by atoms with Crippen molar-refractivity contribution in [3.05, 3.63) is 35.9 Å². The quantitative estimate of drug-likeness (QED) is 0.840. The molecule has 1 aromatic rings. The predicted octanol–water partition coefficient (Wildman–Crippen LogP) is 2.97. The molecule has 4 nitrogen and oxygen atoms in total. The van der Waals surface area contributed by atoms with Crippen LogP contribution in [0.4, 0.5) is 0 Å². The van der Waals surface area contributed by atoms with Gasteiger partial charge in [0.1, 0.15) is 0 Å². The second-order valence-corrected chi connectivity index (χ2v) is 8.24. The van der Waals surface area contributed by atoms with E-state index in [1.165, 1.54) is 0 Å². The van der Waals surface area contributed by atoms with Crippen molar-refractivity contribution in [3.63, 3.8) is 0 Å². The monoisotopic (exact) mass is 311 g/mol. The first-order chi connectivity index (χ1) is 9.87. The van der Waals surface area contributed by atoms with Crippen LogP contribution in [0.1, 0.15) is 45.3 Å². The van der Waals surface area contributed by atoms with E-state index in [2.05, 4.69) is 0 Å². The largest absolute Gasteiger partial charge is 0.370 e. The van der Waals surface area contributed by atoms with Gasteiger partial charge in [-0.25, -0.2) is 8.42 Å². The molecule has 1 saturated heterocycles. The van der Waals surface area contributed by atoms with Gasteiger partial charge in [0.25, 0.3) is 0 Å². The summed E-state index contributed by atoms with van der Waals surface area (Å²) in [4.78, 5) is 0. The van der Waals surface area contributed by atoms with E-state index >= 15 is 0 Å². The summed E-state index contributed by atoms with van der Waals surface area (Å²) < 4.78 is 32.8. The Morgan fingerprint density at radius 3 is 2.57 bits per heavy atom. The van der Waals surface area contributed by atoms with Crippen LogP contribution >= 0.6 is 0 Å². The molecule has 0 aliphatic carbocycles. The molecule has 1 aliphatic heterocycles. The van der Waals surface area contributed by atoms with Gasteiger partial charge in [0.2, 0.25) is 10.0 Å². The van der Waals surface area contributed by atoms with Crippen molar-refractivity contribution in [1.82, 2.24) is 4.31 Å². The van der Waals surface area contributed by atoms with Crippen molar-refractivity contribution in [2.45, 2.75) is 45.3 Å². The molecule has 5 heteroatoms. The first kappa shape index (κ1) is 16.5. The van der Waals surface area contributed by atoms with Crippen LogP contribution in [0, 0.1) is 0 Å². The van der Waals surface area contributed by atoms with Crippen molar-refractivity contribution in [3.8, 4) is 0 Å². The van der Waals surface area contributed by atoms with E-state index in [-0.39, 0.29) is 11.9 Å². The van der Waals surface area contributed by atoms with E-state index in [0.717, 1.165) is 12.0 Å². The standard InChI is InChI=1S/C16H25NO3S/c1-4-5-11-21(18,19)17-12-15(20-13-16(17,2)3)14-9-7-6-8-10-14/h6-10,15H,4-5,11-13H2,1-3H3. The summed E-state index contributed by atoms with van der Waals surface area (Å²) in [6.45, 7) is 6.67. The Labute approximate surface area is 128 Å². The third-order valence-corrected chi connectivity index (χ3v) is 6.03. The highest BCUT2D eigenvalue weighted by atomic mass is 32.2. The van der Waals surface area contributed by atoms with Gasteiger partial charge in [-0.2, -0.15) is 4.31 Å². The second kappa shape index (κ2) is 6.46. The Morgan fingerprint density at radius 1 is 1.29 bits per heavy atom. The lowest BCUT2D eigenvalue weighted by Gasteiger charge is -2.44. The molecule has 118 valence electrons. The molecule has 0 spiro atoms. The number of rotatable bonds is 5. The molecular weight excluding hydrogens is 286 g/mol. The number of hydrogen-bond acceptors (Lipinski definition) is 3. The Hall–Kier alpha value is -0.910. The van der Waals surface area contributed by atoms with Gasteiger partial charge in [-0.3, -0.25) is 0 Å². The van der Waals surface area contributed by atoms with Gasteiger partial charge in [0.05, 0.1) is 24.0 Å². The number of ether oxygens (including phenoxy) is 1. The fraction of sp³-hybridized carbons (Fsp3) is 0.625. The second-order valence-electron chi connectivity index (χ2n) is 6.22. The summed E-state index contributed by atoms with van der Waals surface area (Å²) in [6.07, 6.45) is 1.40. The number of benzene rings is 1. The molecule has 2 rings (SSSR count). The molecule has 1 atom stereocenters. The number of nitrogens with zero attached hydrogens (tertiary/aromatic N) is 1. The maximum absolute atomic E-state index is 12.6. The zero-order chi connectivity index (χ0) is 15.5. The Bertz CT molecular complexity index is 554. The Kier molecular flexibility index (Phi) is 5.07. The summed E-state index contributed by atoms with van der Waals surface area (Å²) in [6, 6.07) is 9.83. The summed E-state index contributed by atoms with van der Waals surface area (Å²) in [5.74, 6) is 0.217. The van der Waals surface area contributed by atoms with Crippen molar-refractivity contribution in [2.75, 3.05) is 18.9 Å². The van der Waals surface area contributed by atoms with Gasteiger partial charge in [0.15, 0.2) is 0 Å². The Balaban J connectivity index is 2.21. The van der Waals surface area contributed by atoms with Crippen LogP contribution in [0.5, 0.6) is 0 Å². The zero-order valence-corrected chi connectivity index (χ0v) is 13.9. The summed E-state index contributed by atoms with van der Waals surface area (Å²) in [7, 11) is -3.24. The van der Waals surface area contributed by atoms with Gasteiger partial charge < -0.3 is 4.74 Å². The fourth-order valence-corrected chi connectivity index (χ4v) is 4.67. The minimum absolute atomic E-state index is 0.185.